The molecule has 1 aromatic carbocycles. The van der Waals surface area contributed by atoms with Crippen LogP contribution in [0, 0.1) is 0 Å². The molecule has 0 saturated carbocycles. The zero-order valence-electron chi connectivity index (χ0n) is 10.6. The zero-order valence-corrected chi connectivity index (χ0v) is 10.6. The van der Waals surface area contributed by atoms with Crippen molar-refractivity contribution < 1.29 is 14.3 Å². The summed E-state index contributed by atoms with van der Waals surface area (Å²) < 4.78 is 5.51. The normalized spacial score (nSPS) is 27.9. The molecule has 0 amide bonds. The summed E-state index contributed by atoms with van der Waals surface area (Å²) in [6.07, 6.45) is 2.67. The minimum absolute atomic E-state index is 0.0663. The maximum absolute atomic E-state index is 12.5. The molecule has 1 aromatic heterocycles. The summed E-state index contributed by atoms with van der Waals surface area (Å²) in [5.41, 5.74) is 3.00. The third kappa shape index (κ3) is 1.14. The van der Waals surface area contributed by atoms with Crippen molar-refractivity contribution in [2.75, 3.05) is 0 Å². The lowest BCUT2D eigenvalue weighted by Gasteiger charge is -2.42. The van der Waals surface area contributed by atoms with Gasteiger partial charge < -0.3 is 9.52 Å². The van der Waals surface area contributed by atoms with E-state index in [-0.39, 0.29) is 5.78 Å². The van der Waals surface area contributed by atoms with E-state index in [1.807, 2.05) is 31.2 Å². The van der Waals surface area contributed by atoms with Gasteiger partial charge in [-0.25, -0.2) is 0 Å². The summed E-state index contributed by atoms with van der Waals surface area (Å²) in [4.78, 5) is 12.5. The summed E-state index contributed by atoms with van der Waals surface area (Å²) >= 11 is 0. The summed E-state index contributed by atoms with van der Waals surface area (Å²) in [5, 5.41) is 10.5. The van der Waals surface area contributed by atoms with Crippen LogP contribution in [-0.4, -0.2) is 17.0 Å². The molecule has 4 rings (SSSR count). The van der Waals surface area contributed by atoms with Crippen molar-refractivity contribution in [2.45, 2.75) is 31.3 Å². The van der Waals surface area contributed by atoms with Gasteiger partial charge in [-0.2, -0.15) is 0 Å². The number of ketones is 1. The third-order valence-corrected chi connectivity index (χ3v) is 4.68. The monoisotopic (exact) mass is 254 g/mol. The molecule has 1 heterocycles. The van der Waals surface area contributed by atoms with Crippen LogP contribution < -0.4 is 0 Å². The van der Waals surface area contributed by atoms with E-state index in [4.69, 9.17) is 4.42 Å². The number of fused-ring (bicyclic) bond motifs is 2. The molecular formula is C16H14O3. The van der Waals surface area contributed by atoms with Crippen LogP contribution in [0.4, 0.5) is 0 Å². The molecule has 2 aliphatic carbocycles. The molecule has 0 saturated heterocycles. The summed E-state index contributed by atoms with van der Waals surface area (Å²) in [5.74, 6) is 0.346. The number of benzene rings is 1. The van der Waals surface area contributed by atoms with Crippen molar-refractivity contribution in [2.24, 2.45) is 0 Å². The van der Waals surface area contributed by atoms with E-state index in [1.54, 1.807) is 6.26 Å². The lowest BCUT2D eigenvalue weighted by Crippen LogP contribution is -2.45. The number of aliphatic hydroxyl groups is 1. The second kappa shape index (κ2) is 3.36. The van der Waals surface area contributed by atoms with Gasteiger partial charge in [-0.1, -0.05) is 24.3 Å². The van der Waals surface area contributed by atoms with Gasteiger partial charge in [-0.3, -0.25) is 4.79 Å². The molecule has 0 spiro atoms. The smallest absolute Gasteiger partial charge is 0.228 e. The lowest BCUT2D eigenvalue weighted by molar-refractivity contribution is 0.0857. The van der Waals surface area contributed by atoms with Gasteiger partial charge in [0, 0.05) is 16.5 Å². The Kier molecular flexibility index (Phi) is 1.95. The molecule has 19 heavy (non-hydrogen) atoms. The highest BCUT2D eigenvalue weighted by atomic mass is 16.3. The van der Waals surface area contributed by atoms with Crippen molar-refractivity contribution in [1.29, 1.82) is 0 Å². The number of aryl methyl sites for hydroxylation is 1. The fraction of sp³-hybridized carbons (Fsp3) is 0.312. The van der Waals surface area contributed by atoms with Gasteiger partial charge in [0.25, 0.3) is 0 Å². The number of hydrogen-bond donors (Lipinski definition) is 1. The molecule has 2 atom stereocenters. The number of furan rings is 1. The van der Waals surface area contributed by atoms with Crippen LogP contribution in [0.25, 0.3) is 0 Å². The molecule has 0 radical (unpaired) electrons. The first-order valence-electron chi connectivity index (χ1n) is 6.57. The zero-order chi connectivity index (χ0) is 13.2. The van der Waals surface area contributed by atoms with Crippen LogP contribution >= 0.6 is 0 Å². The first kappa shape index (κ1) is 11.0. The fourth-order valence-electron chi connectivity index (χ4n) is 3.63. The van der Waals surface area contributed by atoms with Gasteiger partial charge in [-0.15, -0.1) is 0 Å². The second-order valence-corrected chi connectivity index (χ2v) is 5.60. The molecule has 3 heteroatoms. The van der Waals surface area contributed by atoms with Crippen LogP contribution in [0.5, 0.6) is 0 Å². The number of rotatable bonds is 0. The Bertz CT molecular complexity index is 698. The Hall–Kier alpha value is -1.87. The average molecular weight is 254 g/mol. The number of hydrogen-bond acceptors (Lipinski definition) is 3. The highest BCUT2D eigenvalue weighted by Crippen LogP contribution is 2.49. The number of aliphatic hydroxyl groups excluding tert-OH is 1. The summed E-state index contributed by atoms with van der Waals surface area (Å²) in [7, 11) is 0. The minimum Gasteiger partial charge on any atom is -0.460 e. The van der Waals surface area contributed by atoms with Crippen molar-refractivity contribution in [1.82, 2.24) is 0 Å². The van der Waals surface area contributed by atoms with E-state index in [0.29, 0.717) is 17.7 Å². The fourth-order valence-corrected chi connectivity index (χ4v) is 3.63. The topological polar surface area (TPSA) is 50.4 Å². The van der Waals surface area contributed by atoms with Crippen LogP contribution in [0.15, 0.2) is 34.9 Å². The molecule has 0 bridgehead atoms. The molecule has 1 N–H and O–H groups in total. The SMILES string of the molecule is CC12c3ccccc3C(=O)c3occ(c31)CCC2O. The van der Waals surface area contributed by atoms with Gasteiger partial charge >= 0.3 is 0 Å². The predicted octanol–water partition coefficient (Wildman–Crippen LogP) is 2.44. The van der Waals surface area contributed by atoms with Crippen LogP contribution in [0.2, 0.25) is 0 Å². The first-order valence-corrected chi connectivity index (χ1v) is 6.57. The maximum Gasteiger partial charge on any atom is 0.228 e. The van der Waals surface area contributed by atoms with Crippen LogP contribution in [0.3, 0.4) is 0 Å². The lowest BCUT2D eigenvalue weighted by atomic mass is 9.61. The molecule has 2 aliphatic rings. The number of carbonyl (C=O) groups excluding carboxylic acids is 1. The predicted molar refractivity (Wildman–Crippen MR) is 69.4 cm³/mol. The first-order chi connectivity index (χ1) is 9.14. The Morgan fingerprint density at radius 2 is 2.16 bits per heavy atom. The third-order valence-electron chi connectivity index (χ3n) is 4.68. The van der Waals surface area contributed by atoms with E-state index in [1.165, 1.54) is 0 Å². The van der Waals surface area contributed by atoms with Crippen molar-refractivity contribution in [3.63, 3.8) is 0 Å². The van der Waals surface area contributed by atoms with Crippen molar-refractivity contribution >= 4 is 5.78 Å². The molecule has 2 aromatic rings. The average Bonchev–Trinajstić information content (AvgIpc) is 2.86. The molecule has 0 aliphatic heterocycles. The van der Waals surface area contributed by atoms with E-state index in [9.17, 15) is 9.90 Å². The van der Waals surface area contributed by atoms with Crippen LogP contribution in [0.1, 0.15) is 46.2 Å². The van der Waals surface area contributed by atoms with Crippen molar-refractivity contribution in [3.05, 3.63) is 58.5 Å². The van der Waals surface area contributed by atoms with Crippen molar-refractivity contribution in [3.8, 4) is 0 Å². The Labute approximate surface area is 110 Å². The molecular weight excluding hydrogens is 240 g/mol. The van der Waals surface area contributed by atoms with Gasteiger partial charge in [0.1, 0.15) is 0 Å². The highest BCUT2D eigenvalue weighted by molar-refractivity contribution is 6.11. The molecule has 2 unspecified atom stereocenters. The van der Waals surface area contributed by atoms with E-state index in [0.717, 1.165) is 23.1 Å². The standard InChI is InChI=1S/C16H14O3/c1-16-11-5-3-2-4-10(11)14(18)15-13(16)9(8-19-15)6-7-12(16)17/h2-5,8,12,17H,6-7H2,1H3. The van der Waals surface area contributed by atoms with E-state index < -0.39 is 11.5 Å². The van der Waals surface area contributed by atoms with Gasteiger partial charge in [0.2, 0.25) is 5.78 Å². The van der Waals surface area contributed by atoms with Gasteiger partial charge in [0.15, 0.2) is 5.76 Å². The summed E-state index contributed by atoms with van der Waals surface area (Å²) in [6.45, 7) is 2.01. The number of carbonyl (C=O) groups is 1. The van der Waals surface area contributed by atoms with E-state index >= 15 is 0 Å². The quantitative estimate of drug-likeness (QED) is 0.785. The Morgan fingerprint density at radius 1 is 1.37 bits per heavy atom. The summed E-state index contributed by atoms with van der Waals surface area (Å²) in [6, 6.07) is 7.53. The Balaban J connectivity index is 2.13. The molecule has 3 nitrogen and oxygen atoms in total. The van der Waals surface area contributed by atoms with Crippen LogP contribution in [-0.2, 0) is 11.8 Å². The Morgan fingerprint density at radius 3 is 3.00 bits per heavy atom. The highest BCUT2D eigenvalue weighted by Gasteiger charge is 2.50. The minimum atomic E-state index is -0.527. The second-order valence-electron chi connectivity index (χ2n) is 5.60. The van der Waals surface area contributed by atoms with Gasteiger partial charge in [0.05, 0.1) is 12.4 Å². The molecule has 96 valence electrons. The van der Waals surface area contributed by atoms with Gasteiger partial charge in [-0.05, 0) is 30.9 Å². The largest absolute Gasteiger partial charge is 0.460 e. The molecule has 0 fully saturated rings. The van der Waals surface area contributed by atoms with E-state index in [2.05, 4.69) is 0 Å². The maximum atomic E-state index is 12.5.